The minimum absolute atomic E-state index is 0.0573. The summed E-state index contributed by atoms with van der Waals surface area (Å²) in [5.74, 6) is 0.814. The molecule has 0 bridgehead atoms. The molecule has 4 nitrogen and oxygen atoms in total. The van der Waals surface area contributed by atoms with E-state index in [-0.39, 0.29) is 5.54 Å². The highest BCUT2D eigenvalue weighted by atomic mass is 16.5. The molecule has 20 heavy (non-hydrogen) atoms. The largest absolute Gasteiger partial charge is 0.479 e. The van der Waals surface area contributed by atoms with Crippen molar-refractivity contribution in [3.63, 3.8) is 0 Å². The molecule has 1 aromatic carbocycles. The fourth-order valence-electron chi connectivity index (χ4n) is 3.18. The number of fused-ring (bicyclic) bond motifs is 1. The van der Waals surface area contributed by atoms with Gasteiger partial charge in [-0.15, -0.1) is 0 Å². The van der Waals surface area contributed by atoms with E-state index in [1.54, 1.807) is 6.33 Å². The van der Waals surface area contributed by atoms with Crippen LogP contribution in [0.15, 0.2) is 41.9 Å². The van der Waals surface area contributed by atoms with E-state index in [9.17, 15) is 0 Å². The third kappa shape index (κ3) is 1.80. The molecule has 4 rings (SSSR count). The van der Waals surface area contributed by atoms with Crippen LogP contribution >= 0.6 is 0 Å². The molecule has 0 saturated carbocycles. The van der Waals surface area contributed by atoms with Crippen LogP contribution in [0.25, 0.3) is 11.1 Å². The fourth-order valence-corrected chi connectivity index (χ4v) is 3.18. The normalized spacial score (nSPS) is 23.6. The molecule has 0 radical (unpaired) electrons. The van der Waals surface area contributed by atoms with Crippen LogP contribution in [0.1, 0.15) is 18.1 Å². The highest BCUT2D eigenvalue weighted by Gasteiger charge is 2.41. The second-order valence-corrected chi connectivity index (χ2v) is 5.61. The minimum Gasteiger partial charge on any atom is -0.479 e. The Hall–Kier alpha value is -2.23. The summed E-state index contributed by atoms with van der Waals surface area (Å²) >= 11 is 0. The van der Waals surface area contributed by atoms with Gasteiger partial charge in [-0.2, -0.15) is 0 Å². The van der Waals surface area contributed by atoms with Crippen molar-refractivity contribution >= 4 is 5.90 Å². The predicted molar refractivity (Wildman–Crippen MR) is 76.7 cm³/mol. The number of benzene rings is 1. The Morgan fingerprint density at radius 2 is 1.85 bits per heavy atom. The summed E-state index contributed by atoms with van der Waals surface area (Å²) in [6.07, 6.45) is 7.19. The Morgan fingerprint density at radius 1 is 1.05 bits per heavy atom. The number of ether oxygens (including phenoxy) is 1. The average molecular weight is 265 g/mol. The molecule has 1 aliphatic carbocycles. The first-order chi connectivity index (χ1) is 9.74. The fraction of sp³-hybridized carbons (Fsp3) is 0.312. The summed E-state index contributed by atoms with van der Waals surface area (Å²) in [4.78, 5) is 12.9. The second-order valence-electron chi connectivity index (χ2n) is 5.61. The van der Waals surface area contributed by atoms with Gasteiger partial charge in [-0.1, -0.05) is 18.2 Å². The summed E-state index contributed by atoms with van der Waals surface area (Å²) in [6.45, 7) is 2.64. The van der Waals surface area contributed by atoms with E-state index in [4.69, 9.17) is 9.73 Å². The van der Waals surface area contributed by atoms with Crippen LogP contribution in [0.5, 0.6) is 0 Å². The second kappa shape index (κ2) is 4.13. The van der Waals surface area contributed by atoms with E-state index in [1.807, 2.05) is 19.3 Å². The van der Waals surface area contributed by atoms with Crippen LogP contribution in [-0.4, -0.2) is 28.0 Å². The van der Waals surface area contributed by atoms with Gasteiger partial charge in [-0.3, -0.25) is 0 Å². The van der Waals surface area contributed by atoms with E-state index in [2.05, 4.69) is 28.2 Å². The van der Waals surface area contributed by atoms with Gasteiger partial charge in [-0.05, 0) is 16.7 Å². The lowest BCUT2D eigenvalue weighted by Crippen LogP contribution is -2.28. The Balaban J connectivity index is 1.70. The predicted octanol–water partition coefficient (Wildman–Crippen LogP) is 2.43. The first-order valence-corrected chi connectivity index (χ1v) is 6.81. The van der Waals surface area contributed by atoms with Crippen LogP contribution in [0.2, 0.25) is 0 Å². The topological polar surface area (TPSA) is 47.4 Å². The molecule has 2 aromatic rings. The van der Waals surface area contributed by atoms with E-state index >= 15 is 0 Å². The van der Waals surface area contributed by atoms with Gasteiger partial charge in [0.2, 0.25) is 0 Å². The number of rotatable bonds is 1. The summed E-state index contributed by atoms with van der Waals surface area (Å²) in [7, 11) is 0. The van der Waals surface area contributed by atoms with E-state index < -0.39 is 0 Å². The molecule has 1 aliphatic heterocycles. The SMILES string of the molecule is CC1=NC2(CO1)Cc1ccc(-c3cncnc3)cc1C2. The first kappa shape index (κ1) is 11.6. The molecule has 4 heteroatoms. The minimum atomic E-state index is -0.0573. The van der Waals surface area contributed by atoms with Gasteiger partial charge in [0.1, 0.15) is 18.5 Å². The Kier molecular flexibility index (Phi) is 2.39. The number of hydrogen-bond acceptors (Lipinski definition) is 4. The molecule has 2 aliphatic rings. The number of hydrogen-bond donors (Lipinski definition) is 0. The zero-order chi connectivity index (χ0) is 13.6. The van der Waals surface area contributed by atoms with E-state index in [1.165, 1.54) is 16.7 Å². The van der Waals surface area contributed by atoms with Crippen LogP contribution in [-0.2, 0) is 17.6 Å². The molecule has 0 fully saturated rings. The number of nitrogens with zero attached hydrogens (tertiary/aromatic N) is 3. The van der Waals surface area contributed by atoms with Crippen molar-refractivity contribution in [1.82, 2.24) is 9.97 Å². The maximum absolute atomic E-state index is 5.57. The standard InChI is InChI=1S/C16H15N3O/c1-11-19-16(9-20-11)5-13-3-2-12(4-14(13)6-16)15-7-17-10-18-8-15/h2-4,7-8,10H,5-6,9H2,1H3. The third-order valence-electron chi connectivity index (χ3n) is 4.08. The summed E-state index contributed by atoms with van der Waals surface area (Å²) < 4.78 is 5.57. The molecule has 0 N–H and O–H groups in total. The van der Waals surface area contributed by atoms with Crippen molar-refractivity contribution in [3.05, 3.63) is 48.0 Å². The third-order valence-corrected chi connectivity index (χ3v) is 4.08. The highest BCUT2D eigenvalue weighted by molar-refractivity contribution is 5.76. The van der Waals surface area contributed by atoms with Crippen LogP contribution in [0.4, 0.5) is 0 Å². The molecule has 1 spiro atoms. The van der Waals surface area contributed by atoms with Gasteiger partial charge in [0.15, 0.2) is 5.90 Å². The van der Waals surface area contributed by atoms with Crippen molar-refractivity contribution in [2.24, 2.45) is 4.99 Å². The first-order valence-electron chi connectivity index (χ1n) is 6.81. The molecule has 1 aromatic heterocycles. The zero-order valence-electron chi connectivity index (χ0n) is 11.3. The molecule has 0 amide bonds. The smallest absolute Gasteiger partial charge is 0.180 e. The van der Waals surface area contributed by atoms with Crippen molar-refractivity contribution in [3.8, 4) is 11.1 Å². The van der Waals surface area contributed by atoms with Crippen molar-refractivity contribution in [2.45, 2.75) is 25.3 Å². The summed E-state index contributed by atoms with van der Waals surface area (Å²) in [6, 6.07) is 6.59. The maximum Gasteiger partial charge on any atom is 0.180 e. The van der Waals surface area contributed by atoms with Crippen LogP contribution < -0.4 is 0 Å². The van der Waals surface area contributed by atoms with E-state index in [0.717, 1.165) is 24.3 Å². The Morgan fingerprint density at radius 3 is 2.60 bits per heavy atom. The molecule has 1 atom stereocenters. The summed E-state index contributed by atoms with van der Waals surface area (Å²) in [5.41, 5.74) is 4.92. The maximum atomic E-state index is 5.57. The van der Waals surface area contributed by atoms with Gasteiger partial charge in [0.25, 0.3) is 0 Å². The van der Waals surface area contributed by atoms with Crippen LogP contribution in [0.3, 0.4) is 0 Å². The zero-order valence-corrected chi connectivity index (χ0v) is 11.3. The molecule has 2 heterocycles. The quantitative estimate of drug-likeness (QED) is 0.795. The number of aliphatic imine (C=N–C) groups is 1. The lowest BCUT2D eigenvalue weighted by molar-refractivity contribution is 0.259. The monoisotopic (exact) mass is 265 g/mol. The molecule has 1 unspecified atom stereocenters. The van der Waals surface area contributed by atoms with Gasteiger partial charge < -0.3 is 4.74 Å². The highest BCUT2D eigenvalue weighted by Crippen LogP contribution is 2.37. The van der Waals surface area contributed by atoms with Crippen molar-refractivity contribution in [2.75, 3.05) is 6.61 Å². The molecular weight excluding hydrogens is 250 g/mol. The Bertz CT molecular complexity index is 696. The average Bonchev–Trinajstić information content (AvgIpc) is 3.01. The van der Waals surface area contributed by atoms with Gasteiger partial charge >= 0.3 is 0 Å². The number of aromatic nitrogens is 2. The van der Waals surface area contributed by atoms with Crippen molar-refractivity contribution < 1.29 is 4.74 Å². The van der Waals surface area contributed by atoms with Crippen molar-refractivity contribution in [1.29, 1.82) is 0 Å². The lowest BCUT2D eigenvalue weighted by atomic mass is 9.98. The molecular formula is C16H15N3O. The van der Waals surface area contributed by atoms with Gasteiger partial charge in [-0.25, -0.2) is 15.0 Å². The molecule has 100 valence electrons. The summed E-state index contributed by atoms with van der Waals surface area (Å²) in [5, 5.41) is 0. The van der Waals surface area contributed by atoms with Gasteiger partial charge in [0.05, 0.1) is 0 Å². The van der Waals surface area contributed by atoms with E-state index in [0.29, 0.717) is 6.61 Å². The van der Waals surface area contributed by atoms with Gasteiger partial charge in [0, 0.05) is 37.7 Å². The molecule has 0 saturated heterocycles. The Labute approximate surface area is 117 Å². The lowest BCUT2D eigenvalue weighted by Gasteiger charge is -2.15. The van der Waals surface area contributed by atoms with Crippen LogP contribution in [0, 0.1) is 0 Å².